The molecule has 0 radical (unpaired) electrons. The van der Waals surface area contributed by atoms with E-state index in [9.17, 15) is 24.2 Å². The number of unbranched alkanes of at least 4 members (excludes halogenated alkanes) is 13. The van der Waals surface area contributed by atoms with Crippen LogP contribution in [0.15, 0.2) is 48.6 Å². The maximum Gasteiger partial charge on any atom is 0.472 e. The molecule has 0 fully saturated rings. The van der Waals surface area contributed by atoms with Crippen LogP contribution in [0.25, 0.3) is 0 Å². The number of likely N-dealkylation sites (N-methyl/N-ethyl adjacent to an activating group) is 1. The van der Waals surface area contributed by atoms with Crippen LogP contribution < -0.4 is 0 Å². The van der Waals surface area contributed by atoms with E-state index in [0.29, 0.717) is 23.9 Å². The van der Waals surface area contributed by atoms with E-state index in [-0.39, 0.29) is 32.2 Å². The van der Waals surface area contributed by atoms with Gasteiger partial charge in [0.05, 0.1) is 33.9 Å². The molecule has 55 heavy (non-hydrogen) atoms. The molecule has 0 amide bonds. The van der Waals surface area contributed by atoms with Gasteiger partial charge in [-0.3, -0.25) is 18.6 Å². The van der Waals surface area contributed by atoms with E-state index in [4.69, 9.17) is 18.5 Å². The quantitative estimate of drug-likeness (QED) is 0.0206. The predicted octanol–water partition coefficient (Wildman–Crippen LogP) is 10.9. The molecule has 0 rings (SSSR count). The summed E-state index contributed by atoms with van der Waals surface area (Å²) in [5, 5.41) is 9.56. The predicted molar refractivity (Wildman–Crippen MR) is 226 cm³/mol. The van der Waals surface area contributed by atoms with E-state index in [1.807, 2.05) is 34.1 Å². The summed E-state index contributed by atoms with van der Waals surface area (Å²) in [7, 11) is 1.42. The van der Waals surface area contributed by atoms with Crippen LogP contribution in [0.1, 0.15) is 162 Å². The van der Waals surface area contributed by atoms with Gasteiger partial charge >= 0.3 is 19.8 Å². The second-order valence-corrected chi connectivity index (χ2v) is 17.0. The number of aliphatic hydroxyl groups is 1. The molecule has 3 unspecified atom stereocenters. The van der Waals surface area contributed by atoms with Gasteiger partial charge in [-0.1, -0.05) is 140 Å². The summed E-state index contributed by atoms with van der Waals surface area (Å²) >= 11 is 0. The Morgan fingerprint density at radius 3 is 1.65 bits per heavy atom. The molecule has 2 N–H and O–H groups in total. The van der Waals surface area contributed by atoms with Crippen LogP contribution in [0.5, 0.6) is 0 Å². The van der Waals surface area contributed by atoms with Crippen molar-refractivity contribution in [3.8, 4) is 0 Å². The molecule has 0 aromatic rings. The number of nitrogens with zero attached hydrogens (tertiary/aromatic N) is 1. The fourth-order valence-electron chi connectivity index (χ4n) is 5.46. The average Bonchev–Trinajstić information content (AvgIpc) is 3.13. The lowest BCUT2D eigenvalue weighted by molar-refractivity contribution is -0.870. The van der Waals surface area contributed by atoms with Crippen molar-refractivity contribution >= 4 is 19.8 Å². The molecule has 0 aliphatic rings. The highest BCUT2D eigenvalue weighted by atomic mass is 31.2. The molecule has 0 bridgehead atoms. The van der Waals surface area contributed by atoms with Gasteiger partial charge in [0.25, 0.3) is 0 Å². The number of phosphoric ester groups is 1. The van der Waals surface area contributed by atoms with Crippen molar-refractivity contribution in [1.82, 2.24) is 0 Å². The molecule has 10 nitrogen and oxygen atoms in total. The number of esters is 2. The molecule has 0 heterocycles. The highest BCUT2D eigenvalue weighted by Crippen LogP contribution is 2.43. The monoisotopic (exact) mass is 799 g/mol. The SMILES string of the molecule is CCCCCCCCCCCCCCCC(=O)OCC(COP(=O)(O)OCC[N+](C)(C)C)OC(=O)CCC/C=C\C/C=C\C/C=C\C/C=C\CCC(O)CC. The Morgan fingerprint density at radius 2 is 1.13 bits per heavy atom. The molecule has 0 aliphatic heterocycles. The molecule has 0 aromatic heterocycles. The minimum atomic E-state index is -4.39. The number of allylic oxidation sites excluding steroid dienone is 8. The summed E-state index contributed by atoms with van der Waals surface area (Å²) in [6.45, 7) is 4.06. The zero-order chi connectivity index (χ0) is 40.9. The van der Waals surface area contributed by atoms with Crippen molar-refractivity contribution in [3.63, 3.8) is 0 Å². The van der Waals surface area contributed by atoms with Crippen molar-refractivity contribution in [1.29, 1.82) is 0 Å². The first-order chi connectivity index (χ1) is 26.4. The number of hydrogen-bond acceptors (Lipinski definition) is 8. The molecule has 3 atom stereocenters. The summed E-state index contributed by atoms with van der Waals surface area (Å²) in [5.41, 5.74) is 0. The summed E-state index contributed by atoms with van der Waals surface area (Å²) in [6.07, 6.45) is 38.2. The number of quaternary nitrogens is 1. The van der Waals surface area contributed by atoms with Crippen molar-refractivity contribution in [3.05, 3.63) is 48.6 Å². The molecule has 0 aromatic carbocycles. The van der Waals surface area contributed by atoms with Crippen molar-refractivity contribution in [2.24, 2.45) is 0 Å². The third-order valence-electron chi connectivity index (χ3n) is 9.03. The van der Waals surface area contributed by atoms with Crippen LogP contribution in [0, 0.1) is 0 Å². The molecule has 0 saturated carbocycles. The second kappa shape index (κ2) is 36.3. The number of phosphoric acid groups is 1. The molecular formula is C44H81NO9P+. The second-order valence-electron chi connectivity index (χ2n) is 15.5. The van der Waals surface area contributed by atoms with Crippen molar-refractivity contribution in [2.45, 2.75) is 174 Å². The lowest BCUT2D eigenvalue weighted by Crippen LogP contribution is -2.37. The Morgan fingerprint density at radius 1 is 0.636 bits per heavy atom. The third kappa shape index (κ3) is 39.9. The molecule has 0 spiro atoms. The number of carbonyl (C=O) groups is 2. The fraction of sp³-hybridized carbons (Fsp3) is 0.773. The first-order valence-corrected chi connectivity index (χ1v) is 22.9. The molecule has 0 aliphatic carbocycles. The van der Waals surface area contributed by atoms with Gasteiger partial charge in [-0.2, -0.15) is 0 Å². The van der Waals surface area contributed by atoms with Crippen LogP contribution in [-0.4, -0.2) is 86.1 Å². The minimum Gasteiger partial charge on any atom is -0.462 e. The van der Waals surface area contributed by atoms with Crippen LogP contribution in [0.4, 0.5) is 0 Å². The van der Waals surface area contributed by atoms with Crippen molar-refractivity contribution < 1.29 is 47.2 Å². The Hall–Kier alpha value is -2.07. The van der Waals surface area contributed by atoms with E-state index in [2.05, 4.69) is 49.5 Å². The fourth-order valence-corrected chi connectivity index (χ4v) is 6.20. The smallest absolute Gasteiger partial charge is 0.462 e. The minimum absolute atomic E-state index is 0.0148. The van der Waals surface area contributed by atoms with Gasteiger partial charge in [-0.15, -0.1) is 0 Å². The van der Waals surface area contributed by atoms with Crippen LogP contribution >= 0.6 is 7.82 Å². The molecule has 0 saturated heterocycles. The van der Waals surface area contributed by atoms with Crippen molar-refractivity contribution in [2.75, 3.05) is 47.5 Å². The topological polar surface area (TPSA) is 129 Å². The highest BCUT2D eigenvalue weighted by molar-refractivity contribution is 7.47. The number of carbonyl (C=O) groups excluding carboxylic acids is 2. The summed E-state index contributed by atoms with van der Waals surface area (Å²) in [4.78, 5) is 35.3. The van der Waals surface area contributed by atoms with E-state index < -0.39 is 32.5 Å². The first kappa shape index (κ1) is 52.9. The summed E-state index contributed by atoms with van der Waals surface area (Å²) in [6, 6.07) is 0. The van der Waals surface area contributed by atoms with Crippen LogP contribution in [0.3, 0.4) is 0 Å². The lowest BCUT2D eigenvalue weighted by Gasteiger charge is -2.24. The van der Waals surface area contributed by atoms with Gasteiger partial charge in [-0.05, 0) is 57.8 Å². The number of hydrogen-bond donors (Lipinski definition) is 2. The average molecular weight is 799 g/mol. The Bertz CT molecular complexity index is 1100. The third-order valence-corrected chi connectivity index (χ3v) is 10.0. The van der Waals surface area contributed by atoms with Gasteiger partial charge in [-0.25, -0.2) is 4.57 Å². The van der Waals surface area contributed by atoms with Crippen LogP contribution in [-0.2, 0) is 32.7 Å². The Labute approximate surface area is 336 Å². The number of ether oxygens (including phenoxy) is 2. The largest absolute Gasteiger partial charge is 0.472 e. The van der Waals surface area contributed by atoms with Gasteiger partial charge in [0.15, 0.2) is 6.10 Å². The van der Waals surface area contributed by atoms with E-state index in [1.54, 1.807) is 0 Å². The van der Waals surface area contributed by atoms with Gasteiger partial charge in [0, 0.05) is 12.8 Å². The highest BCUT2D eigenvalue weighted by Gasteiger charge is 2.27. The maximum atomic E-state index is 12.6. The summed E-state index contributed by atoms with van der Waals surface area (Å²) < 4.78 is 34.2. The van der Waals surface area contributed by atoms with E-state index >= 15 is 0 Å². The number of aliphatic hydroxyl groups excluding tert-OH is 1. The van der Waals surface area contributed by atoms with Gasteiger partial charge in [0.2, 0.25) is 0 Å². The Kier molecular flexibility index (Phi) is 34.9. The maximum absolute atomic E-state index is 12.6. The van der Waals surface area contributed by atoms with E-state index in [0.717, 1.165) is 57.8 Å². The zero-order valence-corrected chi connectivity index (χ0v) is 36.4. The lowest BCUT2D eigenvalue weighted by atomic mass is 10.0. The zero-order valence-electron chi connectivity index (χ0n) is 35.5. The van der Waals surface area contributed by atoms with Crippen LogP contribution in [0.2, 0.25) is 0 Å². The first-order valence-electron chi connectivity index (χ1n) is 21.4. The standard InChI is InChI=1S/C44H80NO9P/c1-6-8-9-10-11-12-13-16-20-23-26-29-32-35-43(47)51-39-42(40-53-55(49,50)52-38-37-45(3,4)5)54-44(48)36-33-30-27-24-21-18-15-14-17-19-22-25-28-31-34-41(46)7-2/h15,17-19,24-25,27-28,41-42,46H,6-14,16,20-23,26,29-40H2,1-5H3/p+1/b18-15-,19-17-,27-24-,28-25-. The van der Waals surface area contributed by atoms with Gasteiger partial charge in [0.1, 0.15) is 19.8 Å². The normalized spacial score (nSPS) is 14.7. The molecule has 320 valence electrons. The number of rotatable bonds is 38. The summed E-state index contributed by atoms with van der Waals surface area (Å²) in [5.74, 6) is -0.883. The Balaban J connectivity index is 4.49. The van der Waals surface area contributed by atoms with E-state index in [1.165, 1.54) is 64.2 Å². The molecule has 11 heteroatoms. The van der Waals surface area contributed by atoms with Gasteiger partial charge < -0.3 is 24.0 Å². The molecular weight excluding hydrogens is 717 g/mol.